The van der Waals surface area contributed by atoms with Crippen molar-refractivity contribution in [2.75, 3.05) is 5.32 Å². The van der Waals surface area contributed by atoms with Crippen LogP contribution in [0.2, 0.25) is 0 Å². The number of carbonyl (C=O) groups is 1. The van der Waals surface area contributed by atoms with Gasteiger partial charge in [0.05, 0.1) is 17.4 Å². The number of hydrogen-bond acceptors (Lipinski definition) is 3. The van der Waals surface area contributed by atoms with Crippen molar-refractivity contribution >= 4 is 17.3 Å². The first-order valence-electron chi connectivity index (χ1n) is 7.82. The number of rotatable bonds is 5. The molecule has 0 saturated carbocycles. The fraction of sp³-hybridized carbons (Fsp3) is 0.100. The van der Waals surface area contributed by atoms with Crippen molar-refractivity contribution in [1.82, 2.24) is 10.3 Å². The summed E-state index contributed by atoms with van der Waals surface area (Å²) in [7, 11) is 0. The van der Waals surface area contributed by atoms with Gasteiger partial charge in [-0.05, 0) is 30.2 Å². The summed E-state index contributed by atoms with van der Waals surface area (Å²) in [5.41, 5.74) is 4.52. The maximum absolute atomic E-state index is 12.3. The van der Waals surface area contributed by atoms with Crippen LogP contribution < -0.4 is 10.6 Å². The van der Waals surface area contributed by atoms with Crippen molar-refractivity contribution in [1.29, 1.82) is 0 Å². The summed E-state index contributed by atoms with van der Waals surface area (Å²) >= 11 is 0. The molecule has 0 bridgehead atoms. The van der Waals surface area contributed by atoms with Gasteiger partial charge in [-0.3, -0.25) is 9.78 Å². The molecule has 0 aliphatic rings. The number of hydrogen-bond donors (Lipinski definition) is 2. The number of nitrogens with one attached hydrogen (secondary N) is 2. The number of carbonyl (C=O) groups excluding carboxylic acids is 1. The molecule has 4 heteroatoms. The van der Waals surface area contributed by atoms with Gasteiger partial charge in [0.2, 0.25) is 0 Å². The van der Waals surface area contributed by atoms with Crippen LogP contribution in [0.15, 0.2) is 73.1 Å². The van der Waals surface area contributed by atoms with Crippen molar-refractivity contribution in [2.45, 2.75) is 13.5 Å². The number of para-hydroxylation sites is 1. The summed E-state index contributed by atoms with van der Waals surface area (Å²) in [6.45, 7) is 2.53. The molecule has 1 aromatic heterocycles. The highest BCUT2D eigenvalue weighted by Crippen LogP contribution is 2.20. The molecule has 3 rings (SSSR count). The average molecular weight is 317 g/mol. The molecule has 0 aliphatic heterocycles. The summed E-state index contributed by atoms with van der Waals surface area (Å²) in [6.07, 6.45) is 3.28. The number of aromatic nitrogens is 1. The molecule has 0 saturated heterocycles. The van der Waals surface area contributed by atoms with Gasteiger partial charge < -0.3 is 10.6 Å². The van der Waals surface area contributed by atoms with Gasteiger partial charge in [0.1, 0.15) is 0 Å². The monoisotopic (exact) mass is 317 g/mol. The van der Waals surface area contributed by atoms with Gasteiger partial charge in [-0.15, -0.1) is 0 Å². The van der Waals surface area contributed by atoms with E-state index < -0.39 is 0 Å². The third kappa shape index (κ3) is 3.98. The van der Waals surface area contributed by atoms with Crippen LogP contribution in [0, 0.1) is 6.92 Å². The zero-order valence-electron chi connectivity index (χ0n) is 13.5. The highest BCUT2D eigenvalue weighted by Gasteiger charge is 2.07. The van der Waals surface area contributed by atoms with Crippen LogP contribution in [0.4, 0.5) is 11.4 Å². The molecule has 2 N–H and O–H groups in total. The van der Waals surface area contributed by atoms with Crippen molar-refractivity contribution < 1.29 is 4.79 Å². The Kier molecular flexibility index (Phi) is 4.87. The van der Waals surface area contributed by atoms with Crippen LogP contribution in [-0.4, -0.2) is 10.9 Å². The number of nitrogens with zero attached hydrogens (tertiary/aromatic N) is 1. The number of anilines is 2. The fourth-order valence-corrected chi connectivity index (χ4v) is 2.38. The van der Waals surface area contributed by atoms with Crippen molar-refractivity contribution in [2.24, 2.45) is 0 Å². The smallest absolute Gasteiger partial charge is 0.253 e. The first-order valence-corrected chi connectivity index (χ1v) is 7.82. The van der Waals surface area contributed by atoms with Gasteiger partial charge in [0, 0.05) is 18.4 Å². The van der Waals surface area contributed by atoms with E-state index in [1.54, 1.807) is 18.5 Å². The highest BCUT2D eigenvalue weighted by molar-refractivity contribution is 5.94. The van der Waals surface area contributed by atoms with Crippen molar-refractivity contribution in [3.63, 3.8) is 0 Å². The fourth-order valence-electron chi connectivity index (χ4n) is 2.38. The SMILES string of the molecule is Cc1ccccc1Nc1cncc(C(=O)NCc2ccccc2)c1. The molecule has 0 aliphatic carbocycles. The van der Waals surface area contributed by atoms with Crippen molar-refractivity contribution in [3.8, 4) is 0 Å². The van der Waals surface area contributed by atoms with E-state index in [-0.39, 0.29) is 5.91 Å². The number of aryl methyl sites for hydroxylation is 1. The molecule has 24 heavy (non-hydrogen) atoms. The summed E-state index contributed by atoms with van der Waals surface area (Å²) in [6, 6.07) is 19.6. The Morgan fingerprint density at radius 2 is 1.75 bits per heavy atom. The van der Waals surface area contributed by atoms with E-state index in [4.69, 9.17) is 0 Å². The summed E-state index contributed by atoms with van der Waals surface area (Å²) in [4.78, 5) is 16.5. The zero-order valence-corrected chi connectivity index (χ0v) is 13.5. The van der Waals surface area contributed by atoms with Gasteiger partial charge in [-0.25, -0.2) is 0 Å². The zero-order chi connectivity index (χ0) is 16.8. The Hall–Kier alpha value is -3.14. The Balaban J connectivity index is 1.68. The average Bonchev–Trinajstić information content (AvgIpc) is 2.63. The molecule has 2 aromatic carbocycles. The van der Waals surface area contributed by atoms with Gasteiger partial charge in [0.25, 0.3) is 5.91 Å². The Labute approximate surface area is 141 Å². The largest absolute Gasteiger partial charge is 0.354 e. The van der Waals surface area contributed by atoms with Crippen molar-refractivity contribution in [3.05, 3.63) is 89.7 Å². The predicted octanol–water partition coefficient (Wildman–Crippen LogP) is 4.06. The van der Waals surface area contributed by atoms with Gasteiger partial charge in [0.15, 0.2) is 0 Å². The van der Waals surface area contributed by atoms with Gasteiger partial charge >= 0.3 is 0 Å². The van der Waals surface area contributed by atoms with E-state index in [1.807, 2.05) is 61.5 Å². The van der Waals surface area contributed by atoms with Crippen LogP contribution in [-0.2, 0) is 6.54 Å². The number of benzene rings is 2. The van der Waals surface area contributed by atoms with E-state index in [0.29, 0.717) is 12.1 Å². The van der Waals surface area contributed by atoms with Crippen LogP contribution in [0.3, 0.4) is 0 Å². The summed E-state index contributed by atoms with van der Waals surface area (Å²) in [5.74, 6) is -0.139. The minimum atomic E-state index is -0.139. The molecule has 0 spiro atoms. The van der Waals surface area contributed by atoms with E-state index in [9.17, 15) is 4.79 Å². The second-order valence-electron chi connectivity index (χ2n) is 5.57. The van der Waals surface area contributed by atoms with Crippen LogP contribution in [0.5, 0.6) is 0 Å². The first-order chi connectivity index (χ1) is 11.7. The molecule has 0 fully saturated rings. The summed E-state index contributed by atoms with van der Waals surface area (Å²) < 4.78 is 0. The summed E-state index contributed by atoms with van der Waals surface area (Å²) in [5, 5.41) is 6.21. The molecule has 1 heterocycles. The van der Waals surface area contributed by atoms with Gasteiger partial charge in [-0.1, -0.05) is 48.5 Å². The Morgan fingerprint density at radius 1 is 1.00 bits per heavy atom. The molecule has 3 aromatic rings. The molecule has 0 atom stereocenters. The van der Waals surface area contributed by atoms with Crippen LogP contribution in [0.1, 0.15) is 21.5 Å². The van der Waals surface area contributed by atoms with E-state index in [2.05, 4.69) is 15.6 Å². The van der Waals surface area contributed by atoms with Crippen LogP contribution in [0.25, 0.3) is 0 Å². The Bertz CT molecular complexity index is 831. The maximum Gasteiger partial charge on any atom is 0.253 e. The highest BCUT2D eigenvalue weighted by atomic mass is 16.1. The standard InChI is InChI=1S/C20H19N3O/c1-15-7-5-6-10-19(15)23-18-11-17(13-21-14-18)20(24)22-12-16-8-3-2-4-9-16/h2-11,13-14,23H,12H2,1H3,(H,22,24). The lowest BCUT2D eigenvalue weighted by Crippen LogP contribution is -2.22. The molecule has 120 valence electrons. The third-order valence-corrected chi connectivity index (χ3v) is 3.72. The lowest BCUT2D eigenvalue weighted by Gasteiger charge is -2.10. The molecule has 1 amide bonds. The quantitative estimate of drug-likeness (QED) is 0.746. The van der Waals surface area contributed by atoms with Gasteiger partial charge in [-0.2, -0.15) is 0 Å². The second kappa shape index (κ2) is 7.42. The molecular formula is C20H19N3O. The minimum absolute atomic E-state index is 0.139. The third-order valence-electron chi connectivity index (χ3n) is 3.72. The number of amides is 1. The number of pyridine rings is 1. The lowest BCUT2D eigenvalue weighted by molar-refractivity contribution is 0.0950. The van der Waals surface area contributed by atoms with E-state index in [1.165, 1.54) is 0 Å². The second-order valence-corrected chi connectivity index (χ2v) is 5.57. The first kappa shape index (κ1) is 15.7. The normalized spacial score (nSPS) is 10.2. The maximum atomic E-state index is 12.3. The predicted molar refractivity (Wildman–Crippen MR) is 96.3 cm³/mol. The lowest BCUT2D eigenvalue weighted by atomic mass is 10.2. The molecule has 0 unspecified atom stereocenters. The topological polar surface area (TPSA) is 54.0 Å². The molecule has 4 nitrogen and oxygen atoms in total. The van der Waals surface area contributed by atoms with E-state index >= 15 is 0 Å². The Morgan fingerprint density at radius 3 is 2.54 bits per heavy atom. The van der Waals surface area contributed by atoms with E-state index in [0.717, 1.165) is 22.5 Å². The molecule has 0 radical (unpaired) electrons. The molecular weight excluding hydrogens is 298 g/mol. The minimum Gasteiger partial charge on any atom is -0.354 e. The van der Waals surface area contributed by atoms with Crippen LogP contribution >= 0.6 is 0 Å².